The van der Waals surface area contributed by atoms with Crippen LogP contribution in [-0.4, -0.2) is 21.7 Å². The molecule has 1 rings (SSSR count). The Bertz CT molecular complexity index is 124. The summed E-state index contributed by atoms with van der Waals surface area (Å²) in [5.41, 5.74) is 9.31. The maximum Gasteiger partial charge on any atom is 2.00 e. The molecule has 0 amide bonds. The number of thiocarbonyl (C=S) groups is 2. The van der Waals surface area contributed by atoms with Crippen LogP contribution in [-0.2, 0) is 44.7 Å². The molecule has 8 heteroatoms. The minimum Gasteiger partial charge on any atom is -0.415 e. The zero-order valence-corrected chi connectivity index (χ0v) is 14.1. The Morgan fingerprint density at radius 1 is 1.00 bits per heavy atom. The van der Waals surface area contributed by atoms with Crippen molar-refractivity contribution in [3.63, 3.8) is 0 Å². The number of hydrogen-bond donors (Lipinski definition) is 3. The SMILES string of the molecule is C1CCNC1.NC(=S)[S-].NC(=S)[S-].[Zn+2]. The van der Waals surface area contributed by atoms with Crippen LogP contribution in [0.15, 0.2) is 0 Å². The third-order valence-electron chi connectivity index (χ3n) is 0.957. The third kappa shape index (κ3) is 53.0. The molecule has 1 aliphatic heterocycles. The Morgan fingerprint density at radius 2 is 1.21 bits per heavy atom. The van der Waals surface area contributed by atoms with E-state index in [0.29, 0.717) is 0 Å². The van der Waals surface area contributed by atoms with Crippen LogP contribution in [0.2, 0.25) is 0 Å². The largest absolute Gasteiger partial charge is 2.00 e. The maximum atomic E-state index is 4.66. The summed E-state index contributed by atoms with van der Waals surface area (Å²) >= 11 is 16.5. The summed E-state index contributed by atoms with van der Waals surface area (Å²) in [4.78, 5) is 0. The molecule has 3 nitrogen and oxygen atoms in total. The van der Waals surface area contributed by atoms with E-state index in [-0.39, 0.29) is 28.1 Å². The first-order valence-electron chi connectivity index (χ1n) is 3.60. The second-order valence-electron chi connectivity index (χ2n) is 2.10. The van der Waals surface area contributed by atoms with Crippen molar-refractivity contribution < 1.29 is 19.5 Å². The zero-order chi connectivity index (χ0) is 10.7. The molecule has 0 unspecified atom stereocenters. The molecule has 1 aliphatic rings. The minimum absolute atomic E-state index is 0. The molecule has 0 spiro atoms. The van der Waals surface area contributed by atoms with E-state index in [1.54, 1.807) is 0 Å². The molecule has 0 atom stereocenters. The summed E-state index contributed by atoms with van der Waals surface area (Å²) in [5, 5.41) is 3.22. The van der Waals surface area contributed by atoms with Gasteiger partial charge in [0.25, 0.3) is 0 Å². The molecular formula is C6H13N3S4Zn. The molecule has 1 fully saturated rings. The second kappa shape index (κ2) is 16.2. The smallest absolute Gasteiger partial charge is 0.415 e. The fourth-order valence-electron chi connectivity index (χ4n) is 0.625. The van der Waals surface area contributed by atoms with Gasteiger partial charge >= 0.3 is 19.5 Å². The Kier molecular flexibility index (Phi) is 23.5. The molecule has 1 heterocycles. The van der Waals surface area contributed by atoms with E-state index in [9.17, 15) is 0 Å². The summed E-state index contributed by atoms with van der Waals surface area (Å²) in [5.74, 6) is 0. The molecule has 0 radical (unpaired) electrons. The quantitative estimate of drug-likeness (QED) is 0.328. The van der Waals surface area contributed by atoms with Gasteiger partial charge in [-0.2, -0.15) is 0 Å². The first kappa shape index (κ1) is 20.2. The molecule has 0 bridgehead atoms. The van der Waals surface area contributed by atoms with Gasteiger partial charge < -0.3 is 66.5 Å². The summed E-state index contributed by atoms with van der Waals surface area (Å²) in [6.07, 6.45) is 2.78. The van der Waals surface area contributed by atoms with E-state index in [0.717, 1.165) is 0 Å². The average molecular weight is 321 g/mol. The Balaban J connectivity index is -0.000000127. The first-order valence-corrected chi connectivity index (χ1v) is 5.23. The van der Waals surface area contributed by atoms with Crippen LogP contribution in [0, 0.1) is 0 Å². The monoisotopic (exact) mass is 319 g/mol. The second-order valence-corrected chi connectivity index (χ2v) is 4.37. The molecule has 0 saturated carbocycles. The van der Waals surface area contributed by atoms with Crippen molar-refractivity contribution in [3.8, 4) is 0 Å². The summed E-state index contributed by atoms with van der Waals surface area (Å²) in [7, 11) is 0. The number of rotatable bonds is 0. The molecule has 14 heavy (non-hydrogen) atoms. The van der Waals surface area contributed by atoms with Crippen LogP contribution in [0.5, 0.6) is 0 Å². The van der Waals surface area contributed by atoms with Gasteiger partial charge in [-0.1, -0.05) is 8.64 Å². The summed E-state index contributed by atoms with van der Waals surface area (Å²) < 4.78 is 0.167. The van der Waals surface area contributed by atoms with Crippen molar-refractivity contribution in [3.05, 3.63) is 0 Å². The Morgan fingerprint density at radius 3 is 1.29 bits per heavy atom. The van der Waals surface area contributed by atoms with Gasteiger partial charge in [0.05, 0.1) is 0 Å². The fourth-order valence-corrected chi connectivity index (χ4v) is 0.625. The van der Waals surface area contributed by atoms with Gasteiger partial charge in [0.2, 0.25) is 0 Å². The van der Waals surface area contributed by atoms with Gasteiger partial charge in [-0.05, 0) is 25.9 Å². The van der Waals surface area contributed by atoms with E-state index in [2.05, 4.69) is 66.5 Å². The van der Waals surface area contributed by atoms with Gasteiger partial charge in [0, 0.05) is 0 Å². The van der Waals surface area contributed by atoms with Crippen molar-refractivity contribution in [1.29, 1.82) is 0 Å². The zero-order valence-electron chi connectivity index (χ0n) is 7.82. The van der Waals surface area contributed by atoms with Gasteiger partial charge in [0.1, 0.15) is 0 Å². The van der Waals surface area contributed by atoms with Gasteiger partial charge in [-0.25, -0.2) is 0 Å². The molecule has 78 valence electrons. The molecular weight excluding hydrogens is 308 g/mol. The first-order chi connectivity index (χ1) is 5.96. The average Bonchev–Trinajstić information content (AvgIpc) is 2.35. The minimum atomic E-state index is 0. The van der Waals surface area contributed by atoms with Crippen LogP contribution in [0.4, 0.5) is 0 Å². The van der Waals surface area contributed by atoms with Gasteiger partial charge in [-0.15, -0.1) is 0 Å². The van der Waals surface area contributed by atoms with Crippen LogP contribution in [0.3, 0.4) is 0 Å². The Hall–Kier alpha value is 0.803. The van der Waals surface area contributed by atoms with Crippen molar-refractivity contribution in [2.45, 2.75) is 12.8 Å². The normalized spacial score (nSPS) is 12.0. The van der Waals surface area contributed by atoms with E-state index in [4.69, 9.17) is 0 Å². The van der Waals surface area contributed by atoms with Crippen molar-refractivity contribution in [1.82, 2.24) is 5.32 Å². The molecule has 0 aromatic carbocycles. The number of nitrogens with one attached hydrogen (secondary N) is 1. The summed E-state index contributed by atoms with van der Waals surface area (Å²) in [6.45, 7) is 2.50. The van der Waals surface area contributed by atoms with E-state index in [1.807, 2.05) is 0 Å². The molecule has 0 aromatic heterocycles. The number of hydrogen-bond acceptors (Lipinski definition) is 5. The van der Waals surface area contributed by atoms with Crippen molar-refractivity contribution in [2.75, 3.05) is 13.1 Å². The van der Waals surface area contributed by atoms with Crippen molar-refractivity contribution in [2.24, 2.45) is 11.5 Å². The Labute approximate surface area is 120 Å². The maximum absolute atomic E-state index is 4.66. The number of nitrogens with two attached hydrogens (primary N) is 2. The van der Waals surface area contributed by atoms with Gasteiger partial charge in [0.15, 0.2) is 0 Å². The van der Waals surface area contributed by atoms with Crippen LogP contribution in [0.25, 0.3) is 0 Å². The van der Waals surface area contributed by atoms with Crippen LogP contribution < -0.4 is 16.8 Å². The predicted octanol–water partition coefficient (Wildman–Crippen LogP) is -0.0789. The summed E-state index contributed by atoms with van der Waals surface area (Å²) in [6, 6.07) is 0. The van der Waals surface area contributed by atoms with E-state index >= 15 is 0 Å². The molecule has 5 N–H and O–H groups in total. The van der Waals surface area contributed by atoms with Crippen molar-refractivity contribution >= 4 is 58.3 Å². The fraction of sp³-hybridized carbons (Fsp3) is 0.667. The van der Waals surface area contributed by atoms with Crippen LogP contribution >= 0.6 is 24.4 Å². The van der Waals surface area contributed by atoms with E-state index in [1.165, 1.54) is 25.9 Å². The molecule has 0 aromatic rings. The topological polar surface area (TPSA) is 64.1 Å². The van der Waals surface area contributed by atoms with E-state index < -0.39 is 0 Å². The van der Waals surface area contributed by atoms with Gasteiger partial charge in [-0.3, -0.25) is 0 Å². The third-order valence-corrected chi connectivity index (χ3v) is 0.957. The van der Waals surface area contributed by atoms with Crippen LogP contribution in [0.1, 0.15) is 12.8 Å². The standard InChI is InChI=1S/C4H9N.2CH3NS2.Zn/c1-2-4-5-3-1;2*2-1(3)4;/h5H,1-4H2;2*(H3,2,3,4);/q;;;+2/p-2. The molecule has 0 aliphatic carbocycles. The predicted molar refractivity (Wildman–Crippen MR) is 70.4 cm³/mol. The molecule has 1 saturated heterocycles.